The number of carbonyl (C=O) groups excluding carboxylic acids is 2. The third-order valence-electron chi connectivity index (χ3n) is 13.1. The lowest BCUT2D eigenvalue weighted by atomic mass is 9.60. The van der Waals surface area contributed by atoms with Crippen LogP contribution < -0.4 is 19.7 Å². The van der Waals surface area contributed by atoms with Gasteiger partial charge in [-0.15, -0.1) is 11.3 Å². The van der Waals surface area contributed by atoms with Gasteiger partial charge in [0.05, 0.1) is 27.6 Å². The number of piperazine rings is 1. The zero-order valence-electron chi connectivity index (χ0n) is 34.3. The van der Waals surface area contributed by atoms with Crippen molar-refractivity contribution in [2.45, 2.75) is 120 Å². The van der Waals surface area contributed by atoms with E-state index in [2.05, 4.69) is 26.1 Å². The first-order chi connectivity index (χ1) is 28.4. The van der Waals surface area contributed by atoms with E-state index >= 15 is 8.78 Å². The number of hydrogen-bond acceptors (Lipinski definition) is 13. The highest BCUT2D eigenvalue weighted by Gasteiger charge is 2.72. The van der Waals surface area contributed by atoms with E-state index in [-0.39, 0.29) is 91.0 Å². The topological polar surface area (TPSA) is 142 Å². The number of thiophene rings is 1. The SMILES string of the molecule is CC(C)(C)OC(=O)Nc1sc2ccc(F)c(-c3c(Cl)c4c5c(nc(OCC67CCCN6CCC7)nc5c3F)N3C[C@H]5CC6(C(=O)OC(C)(C)C)C[C@@H]([C@H]3CO4)N56)c2c1C#N. The Morgan fingerprint density at radius 2 is 1.77 bits per heavy atom. The van der Waals surface area contributed by atoms with Crippen LogP contribution in [0.1, 0.15) is 85.6 Å². The van der Waals surface area contributed by atoms with Crippen LogP contribution >= 0.6 is 22.9 Å². The van der Waals surface area contributed by atoms with Gasteiger partial charge < -0.3 is 23.8 Å². The number of aromatic nitrogens is 2. The molecular formula is C43H46ClF2N7O6S. The van der Waals surface area contributed by atoms with Crippen LogP contribution in [0.3, 0.4) is 0 Å². The van der Waals surface area contributed by atoms with E-state index in [4.69, 9.17) is 40.5 Å². The van der Waals surface area contributed by atoms with Gasteiger partial charge >= 0.3 is 18.1 Å². The van der Waals surface area contributed by atoms with Gasteiger partial charge in [-0.1, -0.05) is 11.6 Å². The predicted octanol–water partition coefficient (Wildman–Crippen LogP) is 8.18. The van der Waals surface area contributed by atoms with Crippen molar-refractivity contribution in [1.82, 2.24) is 19.8 Å². The second kappa shape index (κ2) is 13.5. The van der Waals surface area contributed by atoms with E-state index in [1.165, 1.54) is 12.1 Å². The van der Waals surface area contributed by atoms with Crippen LogP contribution in [0.4, 0.5) is 24.4 Å². The number of benzene rings is 2. The molecular weight excluding hydrogens is 816 g/mol. The number of nitrogens with one attached hydrogen (secondary N) is 1. The fourth-order valence-corrected chi connectivity index (χ4v) is 12.1. The maximum absolute atomic E-state index is 17.8. The van der Waals surface area contributed by atoms with Crippen molar-refractivity contribution in [3.8, 4) is 29.0 Å². The first-order valence-electron chi connectivity index (χ1n) is 20.6. The molecule has 5 fully saturated rings. The van der Waals surface area contributed by atoms with Gasteiger partial charge in [0.15, 0.2) is 11.6 Å². The summed E-state index contributed by atoms with van der Waals surface area (Å²) in [6, 6.07) is 4.30. The Balaban J connectivity index is 1.11. The zero-order valence-corrected chi connectivity index (χ0v) is 35.9. The summed E-state index contributed by atoms with van der Waals surface area (Å²) in [5, 5.41) is 13.3. The average Bonchev–Trinajstić information content (AvgIpc) is 3.80. The Bertz CT molecular complexity index is 2560. The number of piperidine rings is 1. The van der Waals surface area contributed by atoms with E-state index in [1.54, 1.807) is 20.8 Å². The molecule has 6 aliphatic heterocycles. The lowest BCUT2D eigenvalue weighted by molar-refractivity contribution is -0.240. The van der Waals surface area contributed by atoms with Crippen LogP contribution in [-0.4, -0.2) is 105 Å². The highest BCUT2D eigenvalue weighted by molar-refractivity contribution is 7.23. The molecule has 0 aliphatic carbocycles. The van der Waals surface area contributed by atoms with Crippen molar-refractivity contribution in [3.05, 3.63) is 34.4 Å². The van der Waals surface area contributed by atoms with Crippen LogP contribution in [0.5, 0.6) is 11.8 Å². The normalized spacial score (nSPS) is 25.3. The molecule has 0 spiro atoms. The minimum absolute atomic E-state index is 0.00523. The van der Waals surface area contributed by atoms with Gasteiger partial charge in [-0.2, -0.15) is 15.2 Å². The molecule has 2 aromatic heterocycles. The van der Waals surface area contributed by atoms with Crippen molar-refractivity contribution in [2.24, 2.45) is 0 Å². The highest BCUT2D eigenvalue weighted by Crippen LogP contribution is 2.59. The van der Waals surface area contributed by atoms with E-state index in [0.29, 0.717) is 36.5 Å². The van der Waals surface area contributed by atoms with Crippen molar-refractivity contribution in [1.29, 1.82) is 5.26 Å². The van der Waals surface area contributed by atoms with E-state index in [1.807, 2.05) is 20.8 Å². The van der Waals surface area contributed by atoms with Crippen LogP contribution in [0.15, 0.2) is 12.1 Å². The maximum Gasteiger partial charge on any atom is 0.412 e. The highest BCUT2D eigenvalue weighted by atomic mass is 35.5. The van der Waals surface area contributed by atoms with Gasteiger partial charge in [-0.05, 0) is 105 Å². The summed E-state index contributed by atoms with van der Waals surface area (Å²) in [7, 11) is 0. The molecule has 2 aromatic carbocycles. The summed E-state index contributed by atoms with van der Waals surface area (Å²) in [6.45, 7) is 13.6. The van der Waals surface area contributed by atoms with Gasteiger partial charge in [0.1, 0.15) is 58.2 Å². The molecule has 1 N–H and O–H groups in total. The third kappa shape index (κ3) is 5.93. The summed E-state index contributed by atoms with van der Waals surface area (Å²) in [5.74, 6) is -1.55. The molecule has 1 unspecified atom stereocenters. The van der Waals surface area contributed by atoms with Crippen molar-refractivity contribution >= 4 is 66.8 Å². The van der Waals surface area contributed by atoms with E-state index < -0.39 is 34.5 Å². The number of esters is 1. The molecule has 5 saturated heterocycles. The summed E-state index contributed by atoms with van der Waals surface area (Å²) in [4.78, 5) is 42.9. The first kappa shape index (κ1) is 39.6. The van der Waals surface area contributed by atoms with Gasteiger partial charge in [0.25, 0.3) is 0 Å². The molecule has 1 amide bonds. The molecule has 4 atom stereocenters. The van der Waals surface area contributed by atoms with Crippen molar-refractivity contribution in [2.75, 3.05) is 43.1 Å². The van der Waals surface area contributed by atoms with E-state index in [9.17, 15) is 14.9 Å². The number of rotatable bonds is 6. The molecule has 4 aromatic rings. The smallest absolute Gasteiger partial charge is 0.412 e. The maximum atomic E-state index is 17.8. The van der Waals surface area contributed by atoms with Gasteiger partial charge in [0.2, 0.25) is 0 Å². The average molecular weight is 862 g/mol. The number of fused-ring (bicyclic) bond motifs is 5. The fourth-order valence-electron chi connectivity index (χ4n) is 10.8. The Morgan fingerprint density at radius 3 is 2.47 bits per heavy atom. The number of nitrogens with zero attached hydrogens (tertiary/aromatic N) is 6. The molecule has 13 nitrogen and oxygen atoms in total. The third-order valence-corrected chi connectivity index (χ3v) is 14.5. The zero-order chi connectivity index (χ0) is 42.3. The quantitative estimate of drug-likeness (QED) is 0.187. The minimum Gasteiger partial charge on any atom is -0.489 e. The Morgan fingerprint density at radius 1 is 1.03 bits per heavy atom. The standard InChI is InChI=1S/C43H46ClF2N7O6S/c1-40(2,3)58-37(54)43-15-21-18-52-25(24(16-43)53(21)43)19-56-34-30-33(48-38(49-35(30)52)57-20-42-11-7-13-51(42)14-8-12-42)32(46)29(31(34)44)28-23(45)9-10-26-27(28)22(17-47)36(60-26)50-39(55)59-41(4,5)6/h9-10,21,24-25H,7-8,11-16,18-20H2,1-6H3,(H,50,55)/t21-,24+,25-,43?/m1/s1. The first-order valence-corrected chi connectivity index (χ1v) is 21.8. The Hall–Kier alpha value is -4.56. The molecule has 6 aliphatic rings. The van der Waals surface area contributed by atoms with Gasteiger partial charge in [-0.25, -0.2) is 13.6 Å². The Kier molecular flexibility index (Phi) is 8.88. The number of carbonyl (C=O) groups is 2. The predicted molar refractivity (Wildman–Crippen MR) is 222 cm³/mol. The van der Waals surface area contributed by atoms with Crippen LogP contribution in [0.25, 0.3) is 32.1 Å². The second-order valence-corrected chi connectivity index (χ2v) is 20.5. The van der Waals surface area contributed by atoms with Gasteiger partial charge in [-0.3, -0.25) is 19.9 Å². The summed E-state index contributed by atoms with van der Waals surface area (Å²) >= 11 is 8.27. The molecule has 0 bridgehead atoms. The lowest BCUT2D eigenvalue weighted by Crippen LogP contribution is -2.89. The summed E-state index contributed by atoms with van der Waals surface area (Å²) < 4.78 is 59.1. The molecule has 0 radical (unpaired) electrons. The van der Waals surface area contributed by atoms with E-state index in [0.717, 1.165) is 50.1 Å². The lowest BCUT2D eigenvalue weighted by Gasteiger charge is -2.73. The molecule has 8 heterocycles. The number of hydrogen-bond donors (Lipinski definition) is 1. The molecule has 17 heteroatoms. The number of halogens is 3. The Labute approximate surface area is 354 Å². The number of nitriles is 1. The minimum atomic E-state index is -0.936. The molecule has 60 heavy (non-hydrogen) atoms. The fraction of sp³-hybridized carbons (Fsp3) is 0.558. The number of anilines is 2. The van der Waals surface area contributed by atoms with Crippen molar-refractivity contribution in [3.63, 3.8) is 0 Å². The number of ether oxygens (including phenoxy) is 4. The van der Waals surface area contributed by atoms with Crippen LogP contribution in [0, 0.1) is 23.0 Å². The second-order valence-electron chi connectivity index (χ2n) is 19.0. The molecule has 0 saturated carbocycles. The molecule has 316 valence electrons. The van der Waals surface area contributed by atoms with Gasteiger partial charge in [0, 0.05) is 39.8 Å². The summed E-state index contributed by atoms with van der Waals surface area (Å²) in [6.07, 6.45) is 4.42. The summed E-state index contributed by atoms with van der Waals surface area (Å²) in [5.41, 5.74) is -3.19. The van der Waals surface area contributed by atoms with Crippen LogP contribution in [0.2, 0.25) is 5.02 Å². The number of amides is 1. The van der Waals surface area contributed by atoms with Crippen LogP contribution in [-0.2, 0) is 14.3 Å². The largest absolute Gasteiger partial charge is 0.489 e. The van der Waals surface area contributed by atoms with Crippen molar-refractivity contribution < 1.29 is 37.3 Å². The molecule has 10 rings (SSSR count). The monoisotopic (exact) mass is 861 g/mol.